The maximum absolute atomic E-state index is 13.0. The van der Waals surface area contributed by atoms with Gasteiger partial charge in [0.25, 0.3) is 0 Å². The van der Waals surface area contributed by atoms with E-state index in [-0.39, 0.29) is 5.82 Å². The van der Waals surface area contributed by atoms with E-state index < -0.39 is 0 Å². The Kier molecular flexibility index (Phi) is 1.62. The smallest absolute Gasteiger partial charge is 0.124 e. The highest BCUT2D eigenvalue weighted by Gasteiger charge is 2.08. The monoisotopic (exact) mass is 178 g/mol. The first kappa shape index (κ1) is 8.23. The molecule has 0 bridgehead atoms. The van der Waals surface area contributed by atoms with Crippen LogP contribution in [0.15, 0.2) is 12.1 Å². The molecule has 0 spiro atoms. The maximum Gasteiger partial charge on any atom is 0.124 e. The molecule has 0 aliphatic carbocycles. The molecule has 0 unspecified atom stereocenters. The fraction of sp³-hybridized carbons (Fsp3) is 0.300. The molecule has 0 saturated carbocycles. The summed E-state index contributed by atoms with van der Waals surface area (Å²) in [6.07, 6.45) is 0. The van der Waals surface area contributed by atoms with Crippen LogP contribution in [0.5, 0.6) is 0 Å². The second-order valence-electron chi connectivity index (χ2n) is 3.33. The molecule has 1 aromatic heterocycles. The number of hydrogen-bond acceptors (Lipinski definition) is 1. The summed E-state index contributed by atoms with van der Waals surface area (Å²) in [5.74, 6) is -0.193. The van der Waals surface area contributed by atoms with Crippen molar-refractivity contribution in [2.75, 3.05) is 0 Å². The Morgan fingerprint density at radius 1 is 1.31 bits per heavy atom. The van der Waals surface area contributed by atoms with Crippen LogP contribution < -0.4 is 0 Å². The third-order valence-corrected chi connectivity index (χ3v) is 2.28. The number of nitrogens with zero attached hydrogens (tertiary/aromatic N) is 2. The zero-order valence-electron chi connectivity index (χ0n) is 7.93. The van der Waals surface area contributed by atoms with Crippen molar-refractivity contribution < 1.29 is 4.39 Å². The first-order valence-electron chi connectivity index (χ1n) is 4.19. The van der Waals surface area contributed by atoms with Crippen LogP contribution in [0.4, 0.5) is 4.39 Å². The van der Waals surface area contributed by atoms with Crippen LogP contribution in [0.1, 0.15) is 11.3 Å². The van der Waals surface area contributed by atoms with Gasteiger partial charge in [-0.3, -0.25) is 4.68 Å². The van der Waals surface area contributed by atoms with Crippen LogP contribution >= 0.6 is 0 Å². The van der Waals surface area contributed by atoms with Crippen molar-refractivity contribution in [3.8, 4) is 0 Å². The van der Waals surface area contributed by atoms with E-state index in [1.165, 1.54) is 12.1 Å². The molecule has 0 aliphatic heterocycles. The Bertz CT molecular complexity index is 471. The molecule has 0 aliphatic rings. The summed E-state index contributed by atoms with van der Waals surface area (Å²) >= 11 is 0. The molecule has 0 saturated heterocycles. The highest BCUT2D eigenvalue weighted by Crippen LogP contribution is 2.22. The van der Waals surface area contributed by atoms with Crippen LogP contribution in [0, 0.1) is 19.7 Å². The van der Waals surface area contributed by atoms with E-state index in [4.69, 9.17) is 0 Å². The quantitative estimate of drug-likeness (QED) is 0.605. The average Bonchev–Trinajstić information content (AvgIpc) is 2.27. The summed E-state index contributed by atoms with van der Waals surface area (Å²) < 4.78 is 14.8. The van der Waals surface area contributed by atoms with E-state index >= 15 is 0 Å². The average molecular weight is 178 g/mol. The lowest BCUT2D eigenvalue weighted by molar-refractivity contribution is 0.628. The van der Waals surface area contributed by atoms with Gasteiger partial charge in [-0.2, -0.15) is 5.10 Å². The minimum Gasteiger partial charge on any atom is -0.267 e. The lowest BCUT2D eigenvalue weighted by Crippen LogP contribution is -1.91. The van der Waals surface area contributed by atoms with Crippen LogP contribution in [0.2, 0.25) is 0 Å². The molecule has 1 aromatic carbocycles. The van der Waals surface area contributed by atoms with E-state index in [1.54, 1.807) is 4.68 Å². The third-order valence-electron chi connectivity index (χ3n) is 2.28. The van der Waals surface area contributed by atoms with Crippen LogP contribution in [0.3, 0.4) is 0 Å². The maximum atomic E-state index is 13.0. The standard InChI is InChI=1S/C10H11FN2/c1-6-4-8(11)5-9-7(2)12-13(3)10(6)9/h4-5H,1-3H3. The molecule has 0 atom stereocenters. The second kappa shape index (κ2) is 2.55. The van der Waals surface area contributed by atoms with E-state index in [9.17, 15) is 4.39 Å². The normalized spacial score (nSPS) is 11.1. The lowest BCUT2D eigenvalue weighted by atomic mass is 10.1. The van der Waals surface area contributed by atoms with Crippen LogP contribution in [-0.2, 0) is 7.05 Å². The fourth-order valence-corrected chi connectivity index (χ4v) is 1.77. The van der Waals surface area contributed by atoms with Gasteiger partial charge in [-0.25, -0.2) is 4.39 Å². The van der Waals surface area contributed by atoms with Gasteiger partial charge in [0, 0.05) is 12.4 Å². The largest absolute Gasteiger partial charge is 0.267 e. The summed E-state index contributed by atoms with van der Waals surface area (Å²) in [5, 5.41) is 5.14. The SMILES string of the molecule is Cc1nn(C)c2c(C)cc(F)cc12. The molecule has 68 valence electrons. The lowest BCUT2D eigenvalue weighted by Gasteiger charge is -1.99. The number of aryl methyl sites for hydroxylation is 3. The molecule has 2 aromatic rings. The molecule has 2 rings (SSSR count). The Labute approximate surface area is 76.0 Å². The molecular weight excluding hydrogens is 167 g/mol. The first-order chi connectivity index (χ1) is 6.09. The molecule has 0 amide bonds. The van der Waals surface area contributed by atoms with Crippen LogP contribution in [0.25, 0.3) is 10.9 Å². The van der Waals surface area contributed by atoms with Crippen molar-refractivity contribution in [3.63, 3.8) is 0 Å². The second-order valence-corrected chi connectivity index (χ2v) is 3.33. The number of fused-ring (bicyclic) bond motifs is 1. The number of halogens is 1. The number of benzene rings is 1. The highest BCUT2D eigenvalue weighted by molar-refractivity contribution is 5.84. The predicted octanol–water partition coefficient (Wildman–Crippen LogP) is 2.33. The topological polar surface area (TPSA) is 17.8 Å². The van der Waals surface area contributed by atoms with E-state index in [2.05, 4.69) is 5.10 Å². The van der Waals surface area contributed by atoms with Crippen molar-refractivity contribution in [1.82, 2.24) is 9.78 Å². The molecule has 2 nitrogen and oxygen atoms in total. The van der Waals surface area contributed by atoms with Gasteiger partial charge >= 0.3 is 0 Å². The van der Waals surface area contributed by atoms with Gasteiger partial charge < -0.3 is 0 Å². The summed E-state index contributed by atoms with van der Waals surface area (Å²) in [6.45, 7) is 3.79. The van der Waals surface area contributed by atoms with Gasteiger partial charge in [-0.15, -0.1) is 0 Å². The number of aromatic nitrogens is 2. The minimum absolute atomic E-state index is 0.193. The van der Waals surface area contributed by atoms with Gasteiger partial charge in [0.1, 0.15) is 5.82 Å². The van der Waals surface area contributed by atoms with Crippen molar-refractivity contribution >= 4 is 10.9 Å². The summed E-state index contributed by atoms with van der Waals surface area (Å²) in [4.78, 5) is 0. The zero-order chi connectivity index (χ0) is 9.59. The molecular formula is C10H11FN2. The van der Waals surface area contributed by atoms with Gasteiger partial charge in [-0.1, -0.05) is 0 Å². The predicted molar refractivity (Wildman–Crippen MR) is 50.1 cm³/mol. The minimum atomic E-state index is -0.193. The Morgan fingerprint density at radius 3 is 2.69 bits per heavy atom. The van der Waals surface area contributed by atoms with Crippen molar-refractivity contribution in [3.05, 3.63) is 29.2 Å². The Hall–Kier alpha value is -1.38. The fourth-order valence-electron chi connectivity index (χ4n) is 1.77. The van der Waals surface area contributed by atoms with Gasteiger partial charge in [-0.05, 0) is 31.5 Å². The molecule has 0 N–H and O–H groups in total. The number of rotatable bonds is 0. The Balaban J connectivity index is 2.97. The highest BCUT2D eigenvalue weighted by atomic mass is 19.1. The first-order valence-corrected chi connectivity index (χ1v) is 4.19. The van der Waals surface area contributed by atoms with E-state index in [0.717, 1.165) is 22.2 Å². The molecule has 1 heterocycles. The van der Waals surface area contributed by atoms with Crippen molar-refractivity contribution in [2.45, 2.75) is 13.8 Å². The van der Waals surface area contributed by atoms with Gasteiger partial charge in [0.05, 0.1) is 11.2 Å². The molecule has 0 radical (unpaired) electrons. The summed E-state index contributed by atoms with van der Waals surface area (Å²) in [6, 6.07) is 3.06. The summed E-state index contributed by atoms with van der Waals surface area (Å²) in [5.41, 5.74) is 2.82. The molecule has 3 heteroatoms. The van der Waals surface area contributed by atoms with Crippen molar-refractivity contribution in [2.24, 2.45) is 7.05 Å². The summed E-state index contributed by atoms with van der Waals surface area (Å²) in [7, 11) is 1.88. The zero-order valence-corrected chi connectivity index (χ0v) is 7.93. The van der Waals surface area contributed by atoms with Gasteiger partial charge in [0.15, 0.2) is 0 Å². The Morgan fingerprint density at radius 2 is 2.00 bits per heavy atom. The van der Waals surface area contributed by atoms with Gasteiger partial charge in [0.2, 0.25) is 0 Å². The molecule has 13 heavy (non-hydrogen) atoms. The van der Waals surface area contributed by atoms with E-state index in [1.807, 2.05) is 20.9 Å². The number of hydrogen-bond donors (Lipinski definition) is 0. The van der Waals surface area contributed by atoms with Crippen molar-refractivity contribution in [1.29, 1.82) is 0 Å². The molecule has 0 fully saturated rings. The van der Waals surface area contributed by atoms with E-state index in [0.29, 0.717) is 0 Å². The van der Waals surface area contributed by atoms with Crippen LogP contribution in [-0.4, -0.2) is 9.78 Å². The third kappa shape index (κ3) is 1.11.